The molecule has 3 aromatic carbocycles. The molecule has 260 valence electrons. The number of aromatic nitrogens is 2. The lowest BCUT2D eigenvalue weighted by Crippen LogP contribution is -2.44. The van der Waals surface area contributed by atoms with Crippen molar-refractivity contribution in [3.8, 4) is 5.75 Å². The Balaban J connectivity index is 1.15. The van der Waals surface area contributed by atoms with E-state index in [1.165, 1.54) is 11.0 Å². The summed E-state index contributed by atoms with van der Waals surface area (Å²) >= 11 is 1.55. The molecule has 4 amide bonds. The van der Waals surface area contributed by atoms with E-state index >= 15 is 0 Å². The maximum atomic E-state index is 14.3. The Labute approximate surface area is 299 Å². The molecular weight excluding hydrogens is 665 g/mol. The number of thiophene rings is 1. The maximum Gasteiger partial charge on any atom is 0.256 e. The van der Waals surface area contributed by atoms with Gasteiger partial charge in [0.15, 0.2) is 0 Å². The molecule has 1 unspecified atom stereocenters. The zero-order valence-corrected chi connectivity index (χ0v) is 28.8. The molecule has 0 spiro atoms. The van der Waals surface area contributed by atoms with Crippen LogP contribution in [0.5, 0.6) is 5.75 Å². The summed E-state index contributed by atoms with van der Waals surface area (Å²) in [5.74, 6) is -0.337. The largest absolute Gasteiger partial charge is 0.494 e. The van der Waals surface area contributed by atoms with Crippen molar-refractivity contribution < 1.29 is 23.9 Å². The van der Waals surface area contributed by atoms with Gasteiger partial charge in [-0.1, -0.05) is 60.7 Å². The topological polar surface area (TPSA) is 126 Å². The zero-order chi connectivity index (χ0) is 35.2. The first kappa shape index (κ1) is 33.7. The van der Waals surface area contributed by atoms with Crippen LogP contribution in [-0.2, 0) is 27.3 Å². The van der Waals surface area contributed by atoms with Crippen LogP contribution in [0.2, 0.25) is 0 Å². The lowest BCUT2D eigenvalue weighted by Gasteiger charge is -2.36. The highest BCUT2D eigenvalue weighted by Gasteiger charge is 2.37. The van der Waals surface area contributed by atoms with Crippen molar-refractivity contribution in [3.05, 3.63) is 125 Å². The minimum Gasteiger partial charge on any atom is -0.494 e. The maximum absolute atomic E-state index is 14.3. The number of carbonyl (C=O) groups is 4. The molecule has 12 heteroatoms. The minimum atomic E-state index is -0.499. The van der Waals surface area contributed by atoms with Gasteiger partial charge in [-0.2, -0.15) is 0 Å². The van der Waals surface area contributed by atoms with Gasteiger partial charge in [0.1, 0.15) is 18.3 Å². The quantitative estimate of drug-likeness (QED) is 0.268. The third-order valence-electron chi connectivity index (χ3n) is 9.08. The van der Waals surface area contributed by atoms with E-state index in [0.717, 1.165) is 32.6 Å². The number of nitrogens with one attached hydrogen (secondary N) is 2. The number of benzene rings is 3. The Morgan fingerprint density at radius 3 is 2.59 bits per heavy atom. The summed E-state index contributed by atoms with van der Waals surface area (Å²) < 4.78 is 8.99. The van der Waals surface area contributed by atoms with E-state index in [4.69, 9.17) is 9.72 Å². The Kier molecular flexibility index (Phi) is 10.2. The first-order valence-electron chi connectivity index (χ1n) is 17.0. The fourth-order valence-electron chi connectivity index (χ4n) is 6.56. The van der Waals surface area contributed by atoms with Crippen molar-refractivity contribution >= 4 is 51.1 Å². The van der Waals surface area contributed by atoms with Crippen LogP contribution < -0.4 is 15.4 Å². The van der Waals surface area contributed by atoms with Crippen LogP contribution in [0.25, 0.3) is 16.2 Å². The Morgan fingerprint density at radius 2 is 1.71 bits per heavy atom. The molecule has 7 rings (SSSR count). The van der Waals surface area contributed by atoms with Crippen molar-refractivity contribution in [2.45, 2.75) is 25.4 Å². The SMILES string of the molecule is O=C1CN(C(=O)C=Cc2ccccc2)CCNC(=O)Cn2cnc3c2CCN(C(=O)c2csc4ccccc24)C3c2cccc(c2)OCCCN1. The molecular formula is C39H38N6O5S. The molecule has 1 atom stereocenters. The first-order valence-corrected chi connectivity index (χ1v) is 17.9. The normalized spacial score (nSPS) is 17.5. The molecule has 0 fully saturated rings. The van der Waals surface area contributed by atoms with Crippen LogP contribution >= 0.6 is 11.3 Å². The molecule has 2 aliphatic heterocycles. The van der Waals surface area contributed by atoms with Gasteiger partial charge in [-0.3, -0.25) is 19.2 Å². The lowest BCUT2D eigenvalue weighted by atomic mass is 9.94. The number of hydrogen-bond donors (Lipinski definition) is 2. The average Bonchev–Trinajstić information content (AvgIpc) is 3.77. The molecule has 5 aromatic rings. The molecule has 0 radical (unpaired) electrons. The van der Waals surface area contributed by atoms with Crippen LogP contribution in [-0.4, -0.2) is 82.3 Å². The standard InChI is InChI=1S/C39H38N6O5S/c46-34-23-43(36(48)15-14-27-8-2-1-3-9-27)20-18-41-35(47)24-44-26-42-37-32(44)16-19-45(39(49)31-25-51-33-13-5-4-12-30(31)33)38(37)28-10-6-11-29(22-28)50-21-7-17-40-34/h1-6,8-15,22,25-26,38H,7,16-21,23-24H2,(H,40,46)(H,41,47). The highest BCUT2D eigenvalue weighted by Crippen LogP contribution is 2.38. The molecule has 2 N–H and O–H groups in total. The van der Waals surface area contributed by atoms with Gasteiger partial charge in [0.05, 0.1) is 30.7 Å². The Morgan fingerprint density at radius 1 is 0.902 bits per heavy atom. The predicted molar refractivity (Wildman–Crippen MR) is 195 cm³/mol. The highest BCUT2D eigenvalue weighted by atomic mass is 32.1. The summed E-state index contributed by atoms with van der Waals surface area (Å²) in [5.41, 5.74) is 3.97. The van der Waals surface area contributed by atoms with Crippen molar-refractivity contribution in [2.24, 2.45) is 0 Å². The lowest BCUT2D eigenvalue weighted by molar-refractivity contribution is -0.132. The van der Waals surface area contributed by atoms with Crippen LogP contribution in [0.1, 0.15) is 45.3 Å². The molecule has 0 saturated carbocycles. The Hall–Kier alpha value is -5.75. The number of ether oxygens (including phenoxy) is 1. The molecule has 2 aliphatic rings. The van der Waals surface area contributed by atoms with Gasteiger partial charge < -0.3 is 29.7 Å². The third kappa shape index (κ3) is 7.71. The number of imidazole rings is 1. The van der Waals surface area contributed by atoms with Crippen molar-refractivity contribution in [3.63, 3.8) is 0 Å². The number of rotatable bonds is 3. The monoisotopic (exact) mass is 702 g/mol. The van der Waals surface area contributed by atoms with Crippen molar-refractivity contribution in [1.82, 2.24) is 30.0 Å². The van der Waals surface area contributed by atoms with Crippen LogP contribution in [0.3, 0.4) is 0 Å². The van der Waals surface area contributed by atoms with Gasteiger partial charge in [0.2, 0.25) is 17.7 Å². The fourth-order valence-corrected chi connectivity index (χ4v) is 7.49. The molecule has 11 nitrogen and oxygen atoms in total. The van der Waals surface area contributed by atoms with Gasteiger partial charge in [0.25, 0.3) is 5.91 Å². The number of fused-ring (bicyclic) bond motifs is 4. The summed E-state index contributed by atoms with van der Waals surface area (Å²) in [7, 11) is 0. The number of hydrogen-bond acceptors (Lipinski definition) is 7. The first-order chi connectivity index (χ1) is 24.9. The van der Waals surface area contributed by atoms with Gasteiger partial charge in [-0.05, 0) is 41.8 Å². The second kappa shape index (κ2) is 15.4. The Bertz CT molecular complexity index is 2090. The molecule has 0 aliphatic carbocycles. The van der Waals surface area contributed by atoms with Crippen LogP contribution in [0, 0.1) is 0 Å². The van der Waals surface area contributed by atoms with Gasteiger partial charge in [0, 0.05) is 59.8 Å². The van der Waals surface area contributed by atoms with Crippen molar-refractivity contribution in [1.29, 1.82) is 0 Å². The summed E-state index contributed by atoms with van der Waals surface area (Å²) in [5, 5.41) is 8.62. The summed E-state index contributed by atoms with van der Waals surface area (Å²) in [6.07, 6.45) is 5.86. The number of nitrogens with zero attached hydrogens (tertiary/aromatic N) is 4. The second-order valence-corrected chi connectivity index (χ2v) is 13.4. The van der Waals surface area contributed by atoms with E-state index in [0.29, 0.717) is 43.9 Å². The molecule has 4 heterocycles. The second-order valence-electron chi connectivity index (χ2n) is 12.5. The van der Waals surface area contributed by atoms with E-state index in [9.17, 15) is 19.2 Å². The van der Waals surface area contributed by atoms with Gasteiger partial charge >= 0.3 is 0 Å². The van der Waals surface area contributed by atoms with E-state index < -0.39 is 6.04 Å². The van der Waals surface area contributed by atoms with Crippen LogP contribution in [0.4, 0.5) is 0 Å². The molecule has 6 bridgehead atoms. The molecule has 51 heavy (non-hydrogen) atoms. The summed E-state index contributed by atoms with van der Waals surface area (Å²) in [6.45, 7) is 1.32. The van der Waals surface area contributed by atoms with E-state index in [1.54, 1.807) is 23.7 Å². The average molecular weight is 703 g/mol. The van der Waals surface area contributed by atoms with Crippen LogP contribution in [0.15, 0.2) is 96.6 Å². The highest BCUT2D eigenvalue weighted by molar-refractivity contribution is 7.17. The number of carbonyl (C=O) groups excluding carboxylic acids is 4. The molecule has 2 aromatic heterocycles. The molecule has 0 saturated heterocycles. The van der Waals surface area contributed by atoms with E-state index in [2.05, 4.69) is 10.6 Å². The smallest absolute Gasteiger partial charge is 0.256 e. The minimum absolute atomic E-state index is 0.0175. The fraction of sp³-hybridized carbons (Fsp3) is 0.256. The van der Waals surface area contributed by atoms with Gasteiger partial charge in [-0.15, -0.1) is 11.3 Å². The summed E-state index contributed by atoms with van der Waals surface area (Å²) in [4.78, 5) is 61.7. The predicted octanol–water partition coefficient (Wildman–Crippen LogP) is 4.44. The number of amides is 4. The zero-order valence-electron chi connectivity index (χ0n) is 28.0. The van der Waals surface area contributed by atoms with Gasteiger partial charge in [-0.25, -0.2) is 4.98 Å². The summed E-state index contributed by atoms with van der Waals surface area (Å²) in [6, 6.07) is 24.5. The van der Waals surface area contributed by atoms with E-state index in [-0.39, 0.29) is 49.8 Å². The third-order valence-corrected chi connectivity index (χ3v) is 10.0. The van der Waals surface area contributed by atoms with Crippen molar-refractivity contribution in [2.75, 3.05) is 39.3 Å². The van der Waals surface area contributed by atoms with E-state index in [1.807, 2.05) is 93.7 Å².